The zero-order chi connectivity index (χ0) is 15.7. The van der Waals surface area contributed by atoms with Crippen LogP contribution in [-0.2, 0) is 10.0 Å². The van der Waals surface area contributed by atoms with Crippen molar-refractivity contribution in [3.8, 4) is 0 Å². The summed E-state index contributed by atoms with van der Waals surface area (Å²) in [6.07, 6.45) is -2.65. The van der Waals surface area contributed by atoms with Crippen molar-refractivity contribution in [2.75, 3.05) is 18.5 Å². The van der Waals surface area contributed by atoms with E-state index in [2.05, 4.69) is 15.4 Å². The van der Waals surface area contributed by atoms with Crippen molar-refractivity contribution in [3.05, 3.63) is 12.4 Å². The van der Waals surface area contributed by atoms with Gasteiger partial charge in [0.05, 0.1) is 18.3 Å². The molecule has 0 unspecified atom stereocenters. The van der Waals surface area contributed by atoms with E-state index in [4.69, 9.17) is 5.84 Å². The van der Waals surface area contributed by atoms with Crippen LogP contribution >= 0.6 is 0 Å². The quantitative estimate of drug-likeness (QED) is 0.627. The van der Waals surface area contributed by atoms with Gasteiger partial charge in [0.2, 0.25) is 16.0 Å². The lowest BCUT2D eigenvalue weighted by Crippen LogP contribution is -2.42. The minimum absolute atomic E-state index is 0.0460. The molecule has 3 N–H and O–H groups in total. The number of piperidine rings is 1. The molecule has 0 aliphatic carbocycles. The summed E-state index contributed by atoms with van der Waals surface area (Å²) in [6, 6.07) is 0. The van der Waals surface area contributed by atoms with E-state index in [9.17, 15) is 21.6 Å². The van der Waals surface area contributed by atoms with Gasteiger partial charge in [-0.2, -0.15) is 17.5 Å². The van der Waals surface area contributed by atoms with Crippen LogP contribution in [0.3, 0.4) is 0 Å². The summed E-state index contributed by atoms with van der Waals surface area (Å²) in [5.41, 5.74) is 2.15. The minimum Gasteiger partial charge on any atom is -0.292 e. The fourth-order valence-corrected chi connectivity index (χ4v) is 3.46. The lowest BCUT2D eigenvalue weighted by molar-refractivity contribution is -0.182. The number of alkyl halides is 3. The van der Waals surface area contributed by atoms with Crippen LogP contribution in [0.5, 0.6) is 0 Å². The molecule has 1 aliphatic rings. The van der Waals surface area contributed by atoms with Gasteiger partial charge in [-0.3, -0.25) is 5.43 Å². The van der Waals surface area contributed by atoms with Gasteiger partial charge in [-0.15, -0.1) is 0 Å². The predicted molar refractivity (Wildman–Crippen MR) is 67.4 cm³/mol. The van der Waals surface area contributed by atoms with Gasteiger partial charge < -0.3 is 0 Å². The van der Waals surface area contributed by atoms with Crippen LogP contribution in [0.4, 0.5) is 19.1 Å². The Morgan fingerprint density at radius 3 is 2.19 bits per heavy atom. The molecule has 0 saturated carbocycles. The molecule has 0 bridgehead atoms. The Kier molecular flexibility index (Phi) is 4.35. The summed E-state index contributed by atoms with van der Waals surface area (Å²) in [5.74, 6) is 3.66. The second kappa shape index (κ2) is 5.73. The molecular formula is C10H14F3N5O2S. The number of nitrogens with one attached hydrogen (secondary N) is 1. The van der Waals surface area contributed by atoms with Crippen molar-refractivity contribution in [1.82, 2.24) is 14.3 Å². The number of aromatic nitrogens is 2. The Morgan fingerprint density at radius 2 is 1.76 bits per heavy atom. The fourth-order valence-electron chi connectivity index (χ4n) is 2.10. The van der Waals surface area contributed by atoms with Gasteiger partial charge in [0, 0.05) is 13.1 Å². The molecule has 1 saturated heterocycles. The van der Waals surface area contributed by atoms with Crippen molar-refractivity contribution in [2.24, 2.45) is 11.8 Å². The normalized spacial score (nSPS) is 18.7. The highest BCUT2D eigenvalue weighted by Gasteiger charge is 2.43. The third-order valence-corrected chi connectivity index (χ3v) is 5.16. The van der Waals surface area contributed by atoms with Gasteiger partial charge in [-0.05, 0) is 12.8 Å². The maximum Gasteiger partial charge on any atom is 0.391 e. The summed E-state index contributed by atoms with van der Waals surface area (Å²) in [5, 5.41) is 0. The number of hydrogen-bond acceptors (Lipinski definition) is 6. The zero-order valence-corrected chi connectivity index (χ0v) is 11.7. The highest BCUT2D eigenvalue weighted by molar-refractivity contribution is 7.89. The summed E-state index contributed by atoms with van der Waals surface area (Å²) in [7, 11) is -3.88. The lowest BCUT2D eigenvalue weighted by Gasteiger charge is -2.31. The van der Waals surface area contributed by atoms with Crippen LogP contribution < -0.4 is 11.3 Å². The Hall–Kier alpha value is -1.46. The van der Waals surface area contributed by atoms with E-state index in [0.29, 0.717) is 0 Å². The van der Waals surface area contributed by atoms with Gasteiger partial charge in [0.1, 0.15) is 4.90 Å². The summed E-state index contributed by atoms with van der Waals surface area (Å²) in [4.78, 5) is 7.18. The highest BCUT2D eigenvalue weighted by atomic mass is 32.2. The molecular weight excluding hydrogens is 311 g/mol. The van der Waals surface area contributed by atoms with Gasteiger partial charge >= 0.3 is 6.18 Å². The van der Waals surface area contributed by atoms with Crippen molar-refractivity contribution in [1.29, 1.82) is 0 Å². The van der Waals surface area contributed by atoms with E-state index in [0.717, 1.165) is 16.7 Å². The second-order valence-corrected chi connectivity index (χ2v) is 6.54. The molecule has 2 rings (SSSR count). The maximum atomic E-state index is 12.6. The van der Waals surface area contributed by atoms with Crippen molar-refractivity contribution in [2.45, 2.75) is 23.9 Å². The number of halogens is 3. The topological polar surface area (TPSA) is 101 Å². The van der Waals surface area contributed by atoms with E-state index in [1.807, 2.05) is 0 Å². The molecule has 1 aromatic heterocycles. The van der Waals surface area contributed by atoms with Gasteiger partial charge in [0.15, 0.2) is 0 Å². The monoisotopic (exact) mass is 325 g/mol. The molecule has 21 heavy (non-hydrogen) atoms. The Balaban J connectivity index is 2.11. The average Bonchev–Trinajstić information content (AvgIpc) is 2.46. The molecule has 7 nitrogen and oxygen atoms in total. The zero-order valence-electron chi connectivity index (χ0n) is 10.8. The number of hydrazine groups is 1. The van der Waals surface area contributed by atoms with Crippen molar-refractivity contribution in [3.63, 3.8) is 0 Å². The number of nitrogens with zero attached hydrogens (tertiary/aromatic N) is 3. The van der Waals surface area contributed by atoms with Crippen LogP contribution in [0.15, 0.2) is 17.3 Å². The molecule has 0 amide bonds. The first-order valence-corrected chi connectivity index (χ1v) is 7.54. The average molecular weight is 325 g/mol. The molecule has 0 spiro atoms. The molecule has 11 heteroatoms. The number of nitrogen functional groups attached to an aromatic ring is 1. The Bertz CT molecular complexity index is 582. The van der Waals surface area contributed by atoms with E-state index in [1.54, 1.807) is 0 Å². The molecule has 1 fully saturated rings. The van der Waals surface area contributed by atoms with Crippen molar-refractivity contribution >= 4 is 16.0 Å². The largest absolute Gasteiger partial charge is 0.391 e. The van der Waals surface area contributed by atoms with Crippen LogP contribution in [0, 0.1) is 5.92 Å². The maximum absolute atomic E-state index is 12.6. The van der Waals surface area contributed by atoms with Crippen LogP contribution in [0.25, 0.3) is 0 Å². The number of sulfonamides is 1. The van der Waals surface area contributed by atoms with Gasteiger partial charge in [0.25, 0.3) is 0 Å². The van der Waals surface area contributed by atoms with E-state index in [-0.39, 0.29) is 36.8 Å². The molecule has 0 aromatic carbocycles. The van der Waals surface area contributed by atoms with Gasteiger partial charge in [-0.1, -0.05) is 0 Å². The Morgan fingerprint density at radius 1 is 1.24 bits per heavy atom. The standard InChI is InChI=1S/C10H14F3N5O2S/c11-10(12,13)7-1-3-18(4-2-7)21(19,20)8-5-15-9(17-14)16-6-8/h5-7H,1-4,14H2,(H,15,16,17). The molecule has 0 radical (unpaired) electrons. The number of hydrogen-bond donors (Lipinski definition) is 2. The molecule has 0 atom stereocenters. The third kappa shape index (κ3) is 3.41. The summed E-state index contributed by atoms with van der Waals surface area (Å²) in [6.45, 7) is -0.354. The van der Waals surface area contributed by atoms with Crippen LogP contribution in [0.2, 0.25) is 0 Å². The highest BCUT2D eigenvalue weighted by Crippen LogP contribution is 2.35. The number of rotatable bonds is 3. The molecule has 2 heterocycles. The van der Waals surface area contributed by atoms with E-state index >= 15 is 0 Å². The van der Waals surface area contributed by atoms with Crippen LogP contribution in [0.1, 0.15) is 12.8 Å². The first-order valence-electron chi connectivity index (χ1n) is 6.10. The first kappa shape index (κ1) is 15.9. The molecule has 1 aliphatic heterocycles. The summed E-state index contributed by atoms with van der Waals surface area (Å²) >= 11 is 0. The second-order valence-electron chi connectivity index (χ2n) is 4.61. The van der Waals surface area contributed by atoms with Crippen molar-refractivity contribution < 1.29 is 21.6 Å². The SMILES string of the molecule is NNc1ncc(S(=O)(=O)N2CCC(C(F)(F)F)CC2)cn1. The number of nitrogens with two attached hydrogens (primary N) is 1. The van der Waals surface area contributed by atoms with E-state index < -0.39 is 22.1 Å². The smallest absolute Gasteiger partial charge is 0.292 e. The predicted octanol–water partition coefficient (Wildman–Crippen LogP) is 0.725. The van der Waals surface area contributed by atoms with E-state index in [1.165, 1.54) is 0 Å². The molecule has 118 valence electrons. The fraction of sp³-hybridized carbons (Fsp3) is 0.600. The first-order chi connectivity index (χ1) is 9.75. The van der Waals surface area contributed by atoms with Crippen LogP contribution in [-0.4, -0.2) is 42.0 Å². The van der Waals surface area contributed by atoms with Gasteiger partial charge in [-0.25, -0.2) is 24.2 Å². The Labute approximate surface area is 119 Å². The number of anilines is 1. The lowest BCUT2D eigenvalue weighted by atomic mass is 9.98. The summed E-state index contributed by atoms with van der Waals surface area (Å²) < 4.78 is 63.2. The third-order valence-electron chi connectivity index (χ3n) is 3.31. The minimum atomic E-state index is -4.28. The molecule has 1 aromatic rings.